The Morgan fingerprint density at radius 3 is 2.08 bits per heavy atom. The lowest BCUT2D eigenvalue weighted by Crippen LogP contribution is -2.66. The largest absolute Gasteiger partial charge is 0.466 e. The summed E-state index contributed by atoms with van der Waals surface area (Å²) in [6.45, 7) is 1.85. The van der Waals surface area contributed by atoms with Gasteiger partial charge < -0.3 is 69.5 Å². The molecular weight excluding hydrogens is 840 g/mol. The monoisotopic (exact) mass is 890 g/mol. The lowest BCUT2D eigenvalue weighted by atomic mass is 9.80. The van der Waals surface area contributed by atoms with Gasteiger partial charge in [0, 0.05) is 17.3 Å². The van der Waals surface area contributed by atoms with E-state index in [4.69, 9.17) is 44.6 Å². The van der Waals surface area contributed by atoms with E-state index in [1.165, 1.54) is 19.2 Å². The van der Waals surface area contributed by atoms with Crippen LogP contribution in [0.3, 0.4) is 0 Å². The number of ether oxygens (including phenoxy) is 6. The van der Waals surface area contributed by atoms with E-state index in [2.05, 4.69) is 10.6 Å². The molecule has 0 spiro atoms. The van der Waals surface area contributed by atoms with E-state index >= 15 is 0 Å². The van der Waals surface area contributed by atoms with Crippen molar-refractivity contribution in [2.45, 2.75) is 86.0 Å². The van der Waals surface area contributed by atoms with Crippen molar-refractivity contribution in [1.29, 1.82) is 0 Å². The standard InChI is InChI=1S/C32H45ClN2O15.C6H6O3S/c1-4-47-31(44)22-17(35-14(2)20(30(43)45-3)21(22)15-7-5-6-8-16(15)33)13-46-10-9-34-29-26(41)25(40)28(19(12-37)48-29)50-32-27(42)24(39)23(38)18(11-36)49-32;7-10(8,9)6-4-2-1-3-5-6/h5-8,18-19,21,23-29,32,34-42H,4,9-13H2,1-3H3;1-5H,(H,7,8,9)/t18-,19-,21?,23+,24+,25-,26-,27-,28-,29?,32+;/m1./s1. The van der Waals surface area contributed by atoms with Crippen molar-refractivity contribution in [3.05, 3.63) is 87.7 Å². The molecule has 0 amide bonds. The smallest absolute Gasteiger partial charge is 0.336 e. The summed E-state index contributed by atoms with van der Waals surface area (Å²) < 4.78 is 62.1. The number of nitrogens with one attached hydrogen (secondary N) is 2. The minimum absolute atomic E-state index is 0.0120. The number of hydrogen-bond donors (Lipinski definition) is 10. The van der Waals surface area contributed by atoms with Gasteiger partial charge >= 0.3 is 11.9 Å². The first-order valence-electron chi connectivity index (χ1n) is 18.6. The molecule has 0 saturated carbocycles. The van der Waals surface area contributed by atoms with Gasteiger partial charge in [0.2, 0.25) is 0 Å². The molecular formula is C38H51ClN2O18S. The number of hydrogen-bond acceptors (Lipinski definition) is 19. The van der Waals surface area contributed by atoms with E-state index in [-0.39, 0.29) is 42.4 Å². The normalized spacial score (nSPS) is 29.6. The fourth-order valence-corrected chi connectivity index (χ4v) is 7.41. The van der Waals surface area contributed by atoms with Crippen LogP contribution in [0.2, 0.25) is 5.02 Å². The number of methoxy groups -OCH3 is 1. The second kappa shape index (κ2) is 22.5. The molecule has 2 fully saturated rings. The van der Waals surface area contributed by atoms with Crippen LogP contribution in [0.1, 0.15) is 25.3 Å². The van der Waals surface area contributed by atoms with Crippen LogP contribution in [0.15, 0.2) is 82.0 Å². The molecule has 2 aromatic carbocycles. The third-order valence-corrected chi connectivity index (χ3v) is 10.9. The van der Waals surface area contributed by atoms with Crippen LogP contribution in [0.5, 0.6) is 0 Å². The van der Waals surface area contributed by atoms with Crippen LogP contribution in [-0.4, -0.2) is 169 Å². The van der Waals surface area contributed by atoms with Gasteiger partial charge in [0.25, 0.3) is 10.1 Å². The summed E-state index contributed by atoms with van der Waals surface area (Å²) in [5.74, 6) is -2.30. The SMILES string of the molecule is CCOC(=O)C1=C(COCCNC2O[C@H](CO)[C@@H](O[C@@H]3O[C@H](CO)[C@H](O)[C@H](O)[C@H]3O)[C@H](O)[C@H]2O)NC(C)=C(C(=O)OC)C1c1ccccc1Cl.O=S(=O)(O)c1ccccc1. The van der Waals surface area contributed by atoms with Crippen LogP contribution >= 0.6 is 11.6 Å². The van der Waals surface area contributed by atoms with Gasteiger partial charge in [-0.1, -0.05) is 48.0 Å². The average Bonchev–Trinajstić information content (AvgIpc) is 3.23. The van der Waals surface area contributed by atoms with E-state index in [0.717, 1.165) is 0 Å². The van der Waals surface area contributed by atoms with Crippen molar-refractivity contribution in [1.82, 2.24) is 10.6 Å². The molecule has 3 aliphatic heterocycles. The van der Waals surface area contributed by atoms with Crippen molar-refractivity contribution in [2.75, 3.05) is 46.7 Å². The zero-order valence-electron chi connectivity index (χ0n) is 32.7. The highest BCUT2D eigenvalue weighted by atomic mass is 35.5. The molecule has 0 bridgehead atoms. The minimum Gasteiger partial charge on any atom is -0.466 e. The van der Waals surface area contributed by atoms with E-state index in [9.17, 15) is 53.8 Å². The second-order valence-electron chi connectivity index (χ2n) is 13.6. The molecule has 2 saturated heterocycles. The summed E-state index contributed by atoms with van der Waals surface area (Å²) in [6.07, 6.45) is -15.3. The number of carbonyl (C=O) groups is 2. The van der Waals surface area contributed by atoms with Crippen molar-refractivity contribution < 1.29 is 86.7 Å². The Hall–Kier alpha value is -3.62. The van der Waals surface area contributed by atoms with Crippen LogP contribution in [0.25, 0.3) is 0 Å². The van der Waals surface area contributed by atoms with Gasteiger partial charge in [0.1, 0.15) is 55.1 Å². The lowest BCUT2D eigenvalue weighted by molar-refractivity contribution is -0.343. The van der Waals surface area contributed by atoms with Crippen LogP contribution < -0.4 is 10.6 Å². The predicted octanol–water partition coefficient (Wildman–Crippen LogP) is -1.55. The zero-order valence-corrected chi connectivity index (χ0v) is 34.3. The van der Waals surface area contributed by atoms with E-state index < -0.39 is 103 Å². The second-order valence-corrected chi connectivity index (χ2v) is 15.4. The van der Waals surface area contributed by atoms with Gasteiger partial charge in [0.15, 0.2) is 6.29 Å². The Bertz CT molecular complexity index is 1920. The number of aliphatic hydroxyl groups excluding tert-OH is 7. The Morgan fingerprint density at radius 1 is 0.850 bits per heavy atom. The van der Waals surface area contributed by atoms with Gasteiger partial charge in [-0.05, 0) is 37.6 Å². The van der Waals surface area contributed by atoms with E-state index in [0.29, 0.717) is 22.0 Å². The van der Waals surface area contributed by atoms with Crippen LogP contribution in [0, 0.1) is 0 Å². The maximum absolute atomic E-state index is 13.4. The topological polar surface area (TPSA) is 310 Å². The van der Waals surface area contributed by atoms with Gasteiger partial charge in [-0.15, -0.1) is 0 Å². The first-order valence-corrected chi connectivity index (χ1v) is 20.4. The summed E-state index contributed by atoms with van der Waals surface area (Å²) in [5.41, 5.74) is 1.48. The Morgan fingerprint density at radius 2 is 1.50 bits per heavy atom. The fourth-order valence-electron chi connectivity index (χ4n) is 6.66. The molecule has 3 aliphatic rings. The highest BCUT2D eigenvalue weighted by Gasteiger charge is 2.50. The van der Waals surface area contributed by atoms with Crippen molar-refractivity contribution in [3.63, 3.8) is 0 Å². The lowest BCUT2D eigenvalue weighted by Gasteiger charge is -2.46. The number of dihydropyridines is 1. The quantitative estimate of drug-likeness (QED) is 0.0550. The molecule has 0 aromatic heterocycles. The Labute approximate surface area is 350 Å². The van der Waals surface area contributed by atoms with Gasteiger partial charge in [-0.25, -0.2) is 9.59 Å². The maximum atomic E-state index is 13.4. The molecule has 2 unspecified atom stereocenters. The summed E-state index contributed by atoms with van der Waals surface area (Å²) in [6, 6.07) is 14.2. The molecule has 0 radical (unpaired) electrons. The van der Waals surface area contributed by atoms with E-state index in [1.54, 1.807) is 56.3 Å². The van der Waals surface area contributed by atoms with Gasteiger partial charge in [0.05, 0.1) is 67.8 Å². The number of benzene rings is 2. The average molecular weight is 891 g/mol. The van der Waals surface area contributed by atoms with Crippen molar-refractivity contribution >= 4 is 33.7 Å². The molecule has 20 nitrogen and oxygen atoms in total. The fraction of sp³-hybridized carbons (Fsp3) is 0.526. The zero-order chi connectivity index (χ0) is 44.3. The first-order chi connectivity index (χ1) is 28.5. The predicted molar refractivity (Wildman–Crippen MR) is 207 cm³/mol. The highest BCUT2D eigenvalue weighted by molar-refractivity contribution is 7.85. The third kappa shape index (κ3) is 11.8. The van der Waals surface area contributed by atoms with Crippen LogP contribution in [-0.2, 0) is 48.1 Å². The number of rotatable bonds is 15. The number of esters is 2. The Kier molecular flexibility index (Phi) is 18.4. The van der Waals surface area contributed by atoms with E-state index in [1.807, 2.05) is 0 Å². The summed E-state index contributed by atoms with van der Waals surface area (Å²) in [7, 11) is -2.77. The maximum Gasteiger partial charge on any atom is 0.336 e. The molecule has 334 valence electrons. The molecule has 11 atom stereocenters. The summed E-state index contributed by atoms with van der Waals surface area (Å²) >= 11 is 6.53. The third-order valence-electron chi connectivity index (χ3n) is 9.65. The molecule has 3 heterocycles. The van der Waals surface area contributed by atoms with Gasteiger partial charge in [-0.3, -0.25) is 9.87 Å². The molecule has 5 rings (SSSR count). The summed E-state index contributed by atoms with van der Waals surface area (Å²) in [4.78, 5) is 26.2. The number of halogens is 1. The number of aliphatic hydroxyl groups is 7. The molecule has 0 aliphatic carbocycles. The molecule has 60 heavy (non-hydrogen) atoms. The first kappa shape index (κ1) is 49.0. The van der Waals surface area contributed by atoms with Gasteiger partial charge in [-0.2, -0.15) is 8.42 Å². The minimum atomic E-state index is -4.00. The summed E-state index contributed by atoms with van der Waals surface area (Å²) in [5, 5.41) is 77.7. The van der Waals surface area contributed by atoms with Crippen molar-refractivity contribution in [3.8, 4) is 0 Å². The highest BCUT2D eigenvalue weighted by Crippen LogP contribution is 2.42. The van der Waals surface area contributed by atoms with Crippen LogP contribution in [0.4, 0.5) is 0 Å². The number of carbonyl (C=O) groups excluding carboxylic acids is 2. The Balaban J connectivity index is 0.000000693. The molecule has 22 heteroatoms. The van der Waals surface area contributed by atoms with Crippen molar-refractivity contribution in [2.24, 2.45) is 0 Å². The molecule has 10 N–H and O–H groups in total. The molecule has 2 aromatic rings. The number of allylic oxidation sites excluding steroid dienone is 1.